The number of nitrogens with one attached hydrogen (secondary N) is 1. The fraction of sp³-hybridized carbons (Fsp3) is 0.345. The van der Waals surface area contributed by atoms with Crippen molar-refractivity contribution >= 4 is 29.1 Å². The lowest BCUT2D eigenvalue weighted by atomic mass is 10.0. The number of nitrogens with zero attached hydrogens (tertiary/aromatic N) is 5. The maximum Gasteiger partial charge on any atom is 0.417 e. The molecule has 0 saturated heterocycles. The first kappa shape index (κ1) is 29.3. The summed E-state index contributed by atoms with van der Waals surface area (Å²) in [4.78, 5) is 29.9. The average molecular weight is 601 g/mol. The number of rotatable bonds is 8. The number of hydrogen-bond acceptors (Lipinski definition) is 6. The maximum absolute atomic E-state index is 14.0. The molecule has 1 fully saturated rings. The van der Waals surface area contributed by atoms with Crippen molar-refractivity contribution < 1.29 is 27.2 Å². The molecule has 1 aliphatic rings. The molecule has 13 heteroatoms. The van der Waals surface area contributed by atoms with E-state index < -0.39 is 41.2 Å². The summed E-state index contributed by atoms with van der Waals surface area (Å²) >= 11 is 5.90. The first-order valence-electron chi connectivity index (χ1n) is 13.4. The summed E-state index contributed by atoms with van der Waals surface area (Å²) in [5.74, 6) is -0.162. The predicted octanol–water partition coefficient (Wildman–Crippen LogP) is 6.06. The van der Waals surface area contributed by atoms with Crippen LogP contribution in [0.2, 0.25) is 5.02 Å². The minimum Gasteiger partial charge on any atom is -0.458 e. The van der Waals surface area contributed by atoms with Crippen LogP contribution in [-0.4, -0.2) is 38.1 Å². The number of tetrazole rings is 1. The third-order valence-electron chi connectivity index (χ3n) is 7.09. The van der Waals surface area contributed by atoms with Crippen molar-refractivity contribution in [3.63, 3.8) is 0 Å². The van der Waals surface area contributed by atoms with Gasteiger partial charge in [-0.3, -0.25) is 14.5 Å². The molecule has 42 heavy (non-hydrogen) atoms. The van der Waals surface area contributed by atoms with Crippen LogP contribution < -0.4 is 10.2 Å². The van der Waals surface area contributed by atoms with E-state index in [-0.39, 0.29) is 17.6 Å². The van der Waals surface area contributed by atoms with Gasteiger partial charge >= 0.3 is 6.18 Å². The van der Waals surface area contributed by atoms with E-state index in [4.69, 9.17) is 16.0 Å². The quantitative estimate of drug-likeness (QED) is 0.264. The van der Waals surface area contributed by atoms with Gasteiger partial charge in [-0.25, -0.2) is 0 Å². The number of benzene rings is 2. The fourth-order valence-corrected chi connectivity index (χ4v) is 5.22. The van der Waals surface area contributed by atoms with Crippen molar-refractivity contribution in [3.8, 4) is 11.6 Å². The highest BCUT2D eigenvalue weighted by molar-refractivity contribution is 6.31. The van der Waals surface area contributed by atoms with Gasteiger partial charge in [-0.05, 0) is 67.8 Å². The lowest BCUT2D eigenvalue weighted by Gasteiger charge is -2.32. The third-order valence-corrected chi connectivity index (χ3v) is 7.42. The van der Waals surface area contributed by atoms with Gasteiger partial charge in [0.25, 0.3) is 5.91 Å². The zero-order chi connectivity index (χ0) is 30.0. The number of amides is 2. The Morgan fingerprint density at radius 3 is 2.45 bits per heavy atom. The van der Waals surface area contributed by atoms with E-state index in [0.717, 1.165) is 53.1 Å². The Morgan fingerprint density at radius 1 is 1.10 bits per heavy atom. The molecule has 0 spiro atoms. The topological polar surface area (TPSA) is 106 Å². The third kappa shape index (κ3) is 6.48. The van der Waals surface area contributed by atoms with Crippen molar-refractivity contribution in [3.05, 3.63) is 82.1 Å². The minimum atomic E-state index is -4.79. The van der Waals surface area contributed by atoms with E-state index in [0.29, 0.717) is 17.1 Å². The van der Waals surface area contributed by atoms with Crippen LogP contribution in [-0.2, 0) is 22.3 Å². The van der Waals surface area contributed by atoms with Crippen LogP contribution in [0, 0.1) is 13.8 Å². The Labute approximate surface area is 244 Å². The molecule has 1 saturated carbocycles. The number of halogens is 4. The molecule has 2 aromatic carbocycles. The van der Waals surface area contributed by atoms with Crippen LogP contribution >= 0.6 is 11.6 Å². The highest BCUT2D eigenvalue weighted by atomic mass is 35.5. The standard InChI is InChI=1S/C29H28ClF3N6O3/c1-17-7-10-19(11-8-17)26(28(41)34-20-5-3-4-6-20)39(21-12-13-23(30)22(15-21)29(31,32)33)25(40)16-38-36-27(35-37-38)24-14-9-18(2)42-24/h7-15,20,26H,3-6,16H2,1-2H3,(H,34,41)/t26-/m1/s1. The second-order valence-electron chi connectivity index (χ2n) is 10.3. The number of carbonyl (C=O) groups excluding carboxylic acids is 2. The second-order valence-corrected chi connectivity index (χ2v) is 10.7. The first-order valence-corrected chi connectivity index (χ1v) is 13.8. The van der Waals surface area contributed by atoms with Gasteiger partial charge in [-0.1, -0.05) is 54.3 Å². The van der Waals surface area contributed by atoms with Gasteiger partial charge in [0.15, 0.2) is 5.76 Å². The van der Waals surface area contributed by atoms with Gasteiger partial charge in [0.2, 0.25) is 11.7 Å². The number of aryl methyl sites for hydroxylation is 2. The molecule has 220 valence electrons. The molecule has 9 nitrogen and oxygen atoms in total. The Kier molecular flexibility index (Phi) is 8.35. The van der Waals surface area contributed by atoms with E-state index in [1.165, 1.54) is 6.07 Å². The van der Waals surface area contributed by atoms with E-state index in [9.17, 15) is 22.8 Å². The Balaban J connectivity index is 1.58. The van der Waals surface area contributed by atoms with Crippen LogP contribution in [0.5, 0.6) is 0 Å². The number of aromatic nitrogens is 4. The van der Waals surface area contributed by atoms with Gasteiger partial charge in [0, 0.05) is 11.7 Å². The molecule has 5 rings (SSSR count). The molecule has 1 aliphatic carbocycles. The van der Waals surface area contributed by atoms with Crippen molar-refractivity contribution in [2.24, 2.45) is 0 Å². The summed E-state index contributed by atoms with van der Waals surface area (Å²) in [6.07, 6.45) is -1.35. The monoisotopic (exact) mass is 600 g/mol. The number of anilines is 1. The van der Waals surface area contributed by atoms with E-state index in [1.54, 1.807) is 43.3 Å². The van der Waals surface area contributed by atoms with Gasteiger partial charge in [-0.15, -0.1) is 10.2 Å². The summed E-state index contributed by atoms with van der Waals surface area (Å²) in [5, 5.41) is 14.5. The van der Waals surface area contributed by atoms with Crippen LogP contribution in [0.3, 0.4) is 0 Å². The Bertz CT molecular complexity index is 1580. The number of hydrogen-bond donors (Lipinski definition) is 1. The maximum atomic E-state index is 14.0. The highest BCUT2D eigenvalue weighted by Crippen LogP contribution is 2.39. The molecular weight excluding hydrogens is 573 g/mol. The normalized spacial score (nSPS) is 14.6. The molecule has 0 bridgehead atoms. The Morgan fingerprint density at radius 2 is 1.81 bits per heavy atom. The average Bonchev–Trinajstić information content (AvgIpc) is 3.71. The summed E-state index contributed by atoms with van der Waals surface area (Å²) < 4.78 is 47.2. The number of furan rings is 1. The first-order chi connectivity index (χ1) is 20.0. The molecule has 1 atom stereocenters. The lowest BCUT2D eigenvalue weighted by Crippen LogP contribution is -2.47. The molecule has 2 aromatic heterocycles. The van der Waals surface area contributed by atoms with Crippen LogP contribution in [0.15, 0.2) is 59.0 Å². The number of carbonyl (C=O) groups is 2. The lowest BCUT2D eigenvalue weighted by molar-refractivity contribution is -0.137. The van der Waals surface area contributed by atoms with Crippen LogP contribution in [0.4, 0.5) is 18.9 Å². The van der Waals surface area contributed by atoms with Gasteiger partial charge < -0.3 is 9.73 Å². The highest BCUT2D eigenvalue weighted by Gasteiger charge is 2.38. The molecule has 0 radical (unpaired) electrons. The van der Waals surface area contributed by atoms with E-state index in [2.05, 4.69) is 20.7 Å². The smallest absolute Gasteiger partial charge is 0.417 e. The molecule has 0 unspecified atom stereocenters. The van der Waals surface area contributed by atoms with Crippen molar-refractivity contribution in [2.75, 3.05) is 4.90 Å². The minimum absolute atomic E-state index is 0.102. The molecule has 0 aliphatic heterocycles. The van der Waals surface area contributed by atoms with Crippen LogP contribution in [0.1, 0.15) is 54.2 Å². The molecule has 2 heterocycles. The zero-order valence-electron chi connectivity index (χ0n) is 22.9. The SMILES string of the molecule is Cc1ccc([C@H](C(=O)NC2CCCC2)N(C(=O)Cn2nnc(-c3ccc(C)o3)n2)c2ccc(Cl)c(C(F)(F)F)c2)cc1. The summed E-state index contributed by atoms with van der Waals surface area (Å²) in [5.41, 5.74) is 0.0368. The van der Waals surface area contributed by atoms with Gasteiger partial charge in [-0.2, -0.15) is 18.0 Å². The predicted molar refractivity (Wildman–Crippen MR) is 149 cm³/mol. The fourth-order valence-electron chi connectivity index (χ4n) is 4.99. The molecular formula is C29H28ClF3N6O3. The Hall–Kier alpha value is -4.19. The molecule has 4 aromatic rings. The molecule has 1 N–H and O–H groups in total. The van der Waals surface area contributed by atoms with Gasteiger partial charge in [0.1, 0.15) is 18.3 Å². The zero-order valence-corrected chi connectivity index (χ0v) is 23.6. The van der Waals surface area contributed by atoms with Gasteiger partial charge in [0.05, 0.1) is 10.6 Å². The van der Waals surface area contributed by atoms with E-state index in [1.807, 2.05) is 6.92 Å². The van der Waals surface area contributed by atoms with E-state index >= 15 is 0 Å². The van der Waals surface area contributed by atoms with Crippen molar-refractivity contribution in [1.29, 1.82) is 0 Å². The van der Waals surface area contributed by atoms with Crippen molar-refractivity contribution in [2.45, 2.75) is 64.3 Å². The van der Waals surface area contributed by atoms with Crippen LogP contribution in [0.25, 0.3) is 11.6 Å². The van der Waals surface area contributed by atoms with Crippen molar-refractivity contribution in [1.82, 2.24) is 25.5 Å². The summed E-state index contributed by atoms with van der Waals surface area (Å²) in [6, 6.07) is 12.0. The number of alkyl halides is 3. The molecule has 2 amide bonds. The summed E-state index contributed by atoms with van der Waals surface area (Å²) in [6.45, 7) is 3.10. The largest absolute Gasteiger partial charge is 0.458 e. The summed E-state index contributed by atoms with van der Waals surface area (Å²) in [7, 11) is 0. The second kappa shape index (κ2) is 12.0.